The average molecular weight is 260 g/mol. The zero-order valence-electron chi connectivity index (χ0n) is 11.4. The quantitative estimate of drug-likeness (QED) is 0.610. The van der Waals surface area contributed by atoms with Gasteiger partial charge in [0.15, 0.2) is 0 Å². The van der Waals surface area contributed by atoms with Crippen LogP contribution in [-0.4, -0.2) is 55.4 Å². The molecule has 18 heavy (non-hydrogen) atoms. The molecule has 0 bridgehead atoms. The smallest absolute Gasteiger partial charge is 0.323 e. The first kappa shape index (κ1) is 16.7. The van der Waals surface area contributed by atoms with Gasteiger partial charge >= 0.3 is 12.0 Å². The van der Waals surface area contributed by atoms with Crippen LogP contribution in [0.4, 0.5) is 4.79 Å². The molecule has 0 rings (SSSR count). The first-order valence-corrected chi connectivity index (χ1v) is 6.20. The Bertz CT molecular complexity index is 256. The molecule has 0 aliphatic rings. The second kappa shape index (κ2) is 9.70. The highest BCUT2D eigenvalue weighted by Crippen LogP contribution is 2.02. The van der Waals surface area contributed by atoms with E-state index in [1.807, 2.05) is 0 Å². The Morgan fingerprint density at radius 2 is 2.06 bits per heavy atom. The lowest BCUT2D eigenvalue weighted by atomic mass is 10.1. The third-order valence-corrected chi connectivity index (χ3v) is 2.41. The van der Waals surface area contributed by atoms with Gasteiger partial charge in [-0.2, -0.15) is 0 Å². The number of hydrogen-bond donors (Lipinski definition) is 2. The summed E-state index contributed by atoms with van der Waals surface area (Å²) >= 11 is 0. The summed E-state index contributed by atoms with van der Waals surface area (Å²) in [7, 11) is 1.51. The summed E-state index contributed by atoms with van der Waals surface area (Å²) in [6, 6.07) is -0.349. The number of aliphatic carboxylic acids is 1. The maximum absolute atomic E-state index is 11.7. The number of amides is 2. The standard InChI is InChI=1S/C12H24N2O4/c1-10(2)5-4-6-13-12(17)14(7-8-18-3)9-11(15)16/h10H,4-9H2,1-3H3,(H,13,17)(H,15,16). The summed E-state index contributed by atoms with van der Waals surface area (Å²) in [4.78, 5) is 23.6. The highest BCUT2D eigenvalue weighted by atomic mass is 16.5. The summed E-state index contributed by atoms with van der Waals surface area (Å²) in [6.07, 6.45) is 1.94. The molecule has 6 nitrogen and oxygen atoms in total. The van der Waals surface area contributed by atoms with Crippen LogP contribution in [-0.2, 0) is 9.53 Å². The second-order valence-corrected chi connectivity index (χ2v) is 4.58. The van der Waals surface area contributed by atoms with E-state index in [2.05, 4.69) is 19.2 Å². The molecule has 6 heteroatoms. The van der Waals surface area contributed by atoms with Crippen LogP contribution in [0.15, 0.2) is 0 Å². The van der Waals surface area contributed by atoms with Crippen molar-refractivity contribution in [2.75, 3.05) is 33.4 Å². The minimum atomic E-state index is -1.02. The molecule has 0 aliphatic carbocycles. The molecule has 0 aliphatic heterocycles. The number of ether oxygens (including phenoxy) is 1. The highest BCUT2D eigenvalue weighted by Gasteiger charge is 2.15. The first-order valence-electron chi connectivity index (χ1n) is 6.20. The minimum absolute atomic E-state index is 0.277. The molecule has 2 amide bonds. The molecule has 0 aromatic carbocycles. The van der Waals surface area contributed by atoms with E-state index >= 15 is 0 Å². The second-order valence-electron chi connectivity index (χ2n) is 4.58. The lowest BCUT2D eigenvalue weighted by molar-refractivity contribution is -0.137. The topological polar surface area (TPSA) is 78.9 Å². The number of carboxylic acids is 1. The molecular formula is C12H24N2O4. The Morgan fingerprint density at radius 1 is 1.39 bits per heavy atom. The van der Waals surface area contributed by atoms with Gasteiger partial charge in [0.2, 0.25) is 0 Å². The zero-order valence-corrected chi connectivity index (χ0v) is 11.4. The Balaban J connectivity index is 3.99. The van der Waals surface area contributed by atoms with Crippen LogP contribution in [0, 0.1) is 5.92 Å². The molecule has 0 radical (unpaired) electrons. The van der Waals surface area contributed by atoms with Crippen molar-refractivity contribution >= 4 is 12.0 Å². The Morgan fingerprint density at radius 3 is 2.56 bits per heavy atom. The van der Waals surface area contributed by atoms with E-state index in [0.717, 1.165) is 12.8 Å². The summed E-state index contributed by atoms with van der Waals surface area (Å²) in [5.74, 6) is -0.422. The van der Waals surface area contributed by atoms with Crippen molar-refractivity contribution in [1.29, 1.82) is 0 Å². The number of urea groups is 1. The number of nitrogens with zero attached hydrogens (tertiary/aromatic N) is 1. The summed E-state index contributed by atoms with van der Waals surface area (Å²) in [5, 5.41) is 11.4. The maximum Gasteiger partial charge on any atom is 0.323 e. The van der Waals surface area contributed by atoms with Gasteiger partial charge in [0.25, 0.3) is 0 Å². The molecule has 0 aromatic rings. The Kier molecular flexibility index (Phi) is 9.00. The van der Waals surface area contributed by atoms with Gasteiger partial charge in [-0.1, -0.05) is 13.8 Å². The van der Waals surface area contributed by atoms with Gasteiger partial charge in [-0.3, -0.25) is 4.79 Å². The van der Waals surface area contributed by atoms with E-state index in [9.17, 15) is 9.59 Å². The van der Waals surface area contributed by atoms with Crippen LogP contribution < -0.4 is 5.32 Å². The third-order valence-electron chi connectivity index (χ3n) is 2.41. The van der Waals surface area contributed by atoms with E-state index < -0.39 is 5.97 Å². The number of hydrogen-bond acceptors (Lipinski definition) is 3. The van der Waals surface area contributed by atoms with E-state index in [4.69, 9.17) is 9.84 Å². The number of rotatable bonds is 9. The van der Waals surface area contributed by atoms with Crippen molar-refractivity contribution in [2.45, 2.75) is 26.7 Å². The van der Waals surface area contributed by atoms with Crippen molar-refractivity contribution in [3.8, 4) is 0 Å². The fraction of sp³-hybridized carbons (Fsp3) is 0.833. The monoisotopic (exact) mass is 260 g/mol. The van der Waals surface area contributed by atoms with Gasteiger partial charge in [0, 0.05) is 20.2 Å². The molecule has 106 valence electrons. The lowest BCUT2D eigenvalue weighted by Gasteiger charge is -2.20. The largest absolute Gasteiger partial charge is 0.480 e. The summed E-state index contributed by atoms with van der Waals surface area (Å²) in [5.41, 5.74) is 0. The van der Waals surface area contributed by atoms with Crippen molar-refractivity contribution in [1.82, 2.24) is 10.2 Å². The maximum atomic E-state index is 11.7. The summed E-state index contributed by atoms with van der Waals surface area (Å²) < 4.78 is 4.85. The molecule has 0 spiro atoms. The van der Waals surface area contributed by atoms with Gasteiger partial charge < -0.3 is 20.1 Å². The van der Waals surface area contributed by atoms with Gasteiger partial charge in [-0.05, 0) is 18.8 Å². The Labute approximate surface area is 108 Å². The number of nitrogens with one attached hydrogen (secondary N) is 1. The SMILES string of the molecule is COCCN(CC(=O)O)C(=O)NCCCC(C)C. The van der Waals surface area contributed by atoms with E-state index in [0.29, 0.717) is 19.1 Å². The highest BCUT2D eigenvalue weighted by molar-refractivity contribution is 5.80. The molecule has 0 aromatic heterocycles. The van der Waals surface area contributed by atoms with Crippen LogP contribution >= 0.6 is 0 Å². The number of carbonyl (C=O) groups is 2. The van der Waals surface area contributed by atoms with Gasteiger partial charge in [-0.25, -0.2) is 4.79 Å². The van der Waals surface area contributed by atoms with Crippen LogP contribution in [0.5, 0.6) is 0 Å². The average Bonchev–Trinajstić information content (AvgIpc) is 2.29. The normalized spacial score (nSPS) is 10.4. The molecule has 0 saturated heterocycles. The molecule has 2 N–H and O–H groups in total. The molecule has 0 heterocycles. The van der Waals surface area contributed by atoms with Gasteiger partial charge in [-0.15, -0.1) is 0 Å². The summed E-state index contributed by atoms with van der Waals surface area (Å²) in [6.45, 7) is 5.11. The van der Waals surface area contributed by atoms with Crippen molar-refractivity contribution in [2.24, 2.45) is 5.92 Å². The van der Waals surface area contributed by atoms with Gasteiger partial charge in [0.1, 0.15) is 6.54 Å². The third kappa shape index (κ3) is 8.81. The van der Waals surface area contributed by atoms with Crippen LogP contribution in [0.2, 0.25) is 0 Å². The van der Waals surface area contributed by atoms with E-state index in [1.165, 1.54) is 12.0 Å². The fourth-order valence-electron chi connectivity index (χ4n) is 1.43. The molecule has 0 atom stereocenters. The van der Waals surface area contributed by atoms with Gasteiger partial charge in [0.05, 0.1) is 6.61 Å². The number of methoxy groups -OCH3 is 1. The molecule has 0 fully saturated rings. The molecular weight excluding hydrogens is 236 g/mol. The molecule has 0 saturated carbocycles. The van der Waals surface area contributed by atoms with E-state index in [-0.39, 0.29) is 19.1 Å². The van der Waals surface area contributed by atoms with Crippen LogP contribution in [0.1, 0.15) is 26.7 Å². The lowest BCUT2D eigenvalue weighted by Crippen LogP contribution is -2.44. The van der Waals surface area contributed by atoms with Crippen molar-refractivity contribution < 1.29 is 19.4 Å². The van der Waals surface area contributed by atoms with Crippen molar-refractivity contribution in [3.63, 3.8) is 0 Å². The zero-order chi connectivity index (χ0) is 14.0. The van der Waals surface area contributed by atoms with E-state index in [1.54, 1.807) is 0 Å². The van der Waals surface area contributed by atoms with Crippen LogP contribution in [0.3, 0.4) is 0 Å². The minimum Gasteiger partial charge on any atom is -0.480 e. The van der Waals surface area contributed by atoms with Crippen molar-refractivity contribution in [3.05, 3.63) is 0 Å². The predicted molar refractivity (Wildman–Crippen MR) is 68.6 cm³/mol. The van der Waals surface area contributed by atoms with Crippen LogP contribution in [0.25, 0.3) is 0 Å². The predicted octanol–water partition coefficient (Wildman–Crippen LogP) is 1.17. The molecule has 0 unspecified atom stereocenters. The number of carbonyl (C=O) groups excluding carboxylic acids is 1. The first-order chi connectivity index (χ1) is 8.47. The fourth-order valence-corrected chi connectivity index (χ4v) is 1.43. The number of carboxylic acid groups (broad SMARTS) is 1. The Hall–Kier alpha value is -1.30.